The van der Waals surface area contributed by atoms with Crippen LogP contribution < -0.4 is 19.5 Å². The summed E-state index contributed by atoms with van der Waals surface area (Å²) in [6.45, 7) is 1.98. The Kier molecular flexibility index (Phi) is 8.53. The monoisotopic (exact) mass is 460 g/mol. The van der Waals surface area contributed by atoms with Crippen LogP contribution in [-0.4, -0.2) is 40.1 Å². The predicted molar refractivity (Wildman–Crippen MR) is 123 cm³/mol. The highest BCUT2D eigenvalue weighted by molar-refractivity contribution is 7.89. The molecule has 2 N–H and O–H groups in total. The summed E-state index contributed by atoms with van der Waals surface area (Å²) < 4.78 is 38.5. The molecule has 32 heavy (non-hydrogen) atoms. The van der Waals surface area contributed by atoms with Crippen LogP contribution >= 0.6 is 0 Å². The number of hydrogen-bond donors (Lipinski definition) is 2. The molecule has 7 nitrogen and oxygen atoms in total. The summed E-state index contributed by atoms with van der Waals surface area (Å²) in [5, 5.41) is 3.04. The Labute approximate surface area is 190 Å². The Morgan fingerprint density at radius 1 is 1.00 bits per heavy atom. The van der Waals surface area contributed by atoms with Crippen LogP contribution in [0.3, 0.4) is 0 Å². The average molecular weight is 461 g/mol. The van der Waals surface area contributed by atoms with Gasteiger partial charge in [-0.25, -0.2) is 13.1 Å². The summed E-state index contributed by atoms with van der Waals surface area (Å²) in [6.07, 6.45) is 5.45. The van der Waals surface area contributed by atoms with E-state index in [2.05, 4.69) is 10.0 Å². The first-order chi connectivity index (χ1) is 15.4. The topological polar surface area (TPSA) is 93.7 Å². The number of hydrogen-bond acceptors (Lipinski definition) is 5. The summed E-state index contributed by atoms with van der Waals surface area (Å²) in [6, 6.07) is 13.8. The highest BCUT2D eigenvalue weighted by Crippen LogP contribution is 2.19. The molecule has 0 aromatic heterocycles. The number of sulfonamides is 1. The van der Waals surface area contributed by atoms with Crippen molar-refractivity contribution in [3.63, 3.8) is 0 Å². The molecule has 0 bridgehead atoms. The summed E-state index contributed by atoms with van der Waals surface area (Å²) in [7, 11) is -2.03. The van der Waals surface area contributed by atoms with Crippen LogP contribution in [-0.2, 0) is 21.2 Å². The minimum atomic E-state index is -3.63. The van der Waals surface area contributed by atoms with E-state index >= 15 is 0 Å². The van der Waals surface area contributed by atoms with Gasteiger partial charge in [-0.2, -0.15) is 0 Å². The van der Waals surface area contributed by atoms with Crippen molar-refractivity contribution in [2.24, 2.45) is 0 Å². The van der Waals surface area contributed by atoms with E-state index in [0.29, 0.717) is 12.2 Å². The SMILES string of the molecule is COc1ccc(CCNS(=O)(=O)c2ccc(O[C@@H](C)C(=O)NC3CCCCC3)cc2)cc1. The first kappa shape index (κ1) is 24.1. The number of nitrogens with one attached hydrogen (secondary N) is 2. The molecule has 0 heterocycles. The normalized spacial score (nSPS) is 15.7. The number of rotatable bonds is 10. The van der Waals surface area contributed by atoms with Crippen molar-refractivity contribution >= 4 is 15.9 Å². The van der Waals surface area contributed by atoms with Crippen molar-refractivity contribution in [2.75, 3.05) is 13.7 Å². The minimum Gasteiger partial charge on any atom is -0.497 e. The van der Waals surface area contributed by atoms with Crippen LogP contribution in [0.4, 0.5) is 0 Å². The van der Waals surface area contributed by atoms with Gasteiger partial charge in [-0.1, -0.05) is 31.4 Å². The molecule has 1 saturated carbocycles. The van der Waals surface area contributed by atoms with E-state index in [9.17, 15) is 13.2 Å². The second-order valence-corrected chi connectivity index (χ2v) is 9.84. The quantitative estimate of drug-likeness (QED) is 0.567. The van der Waals surface area contributed by atoms with Gasteiger partial charge in [0.25, 0.3) is 5.91 Å². The molecule has 1 aliphatic carbocycles. The summed E-state index contributed by atoms with van der Waals surface area (Å²) in [4.78, 5) is 12.5. The van der Waals surface area contributed by atoms with Gasteiger partial charge in [0.15, 0.2) is 6.10 Å². The fourth-order valence-electron chi connectivity index (χ4n) is 3.73. The molecule has 8 heteroatoms. The lowest BCUT2D eigenvalue weighted by Crippen LogP contribution is -2.43. The fourth-order valence-corrected chi connectivity index (χ4v) is 4.76. The molecule has 0 saturated heterocycles. The molecule has 174 valence electrons. The Morgan fingerprint density at radius 2 is 1.62 bits per heavy atom. The van der Waals surface area contributed by atoms with E-state index in [4.69, 9.17) is 9.47 Å². The van der Waals surface area contributed by atoms with Crippen LogP contribution in [0.5, 0.6) is 11.5 Å². The number of carbonyl (C=O) groups is 1. The standard InChI is InChI=1S/C24H32N2O5S/c1-18(24(27)26-20-6-4-3-5-7-20)31-22-12-14-23(15-13-22)32(28,29)25-17-16-19-8-10-21(30-2)11-9-19/h8-15,18,20,25H,3-7,16-17H2,1-2H3,(H,26,27)/t18-/m0/s1. The number of carbonyl (C=O) groups excluding carboxylic acids is 1. The molecule has 0 radical (unpaired) electrons. The van der Waals surface area contributed by atoms with E-state index in [0.717, 1.165) is 37.0 Å². The molecule has 1 fully saturated rings. The Morgan fingerprint density at radius 3 is 2.25 bits per heavy atom. The molecule has 0 unspecified atom stereocenters. The van der Waals surface area contributed by atoms with Gasteiger partial charge in [0.1, 0.15) is 11.5 Å². The zero-order valence-electron chi connectivity index (χ0n) is 18.7. The zero-order valence-corrected chi connectivity index (χ0v) is 19.5. The maximum atomic E-state index is 12.5. The molecule has 2 aromatic carbocycles. The van der Waals surface area contributed by atoms with E-state index in [1.54, 1.807) is 26.2 Å². The highest BCUT2D eigenvalue weighted by atomic mass is 32.2. The van der Waals surface area contributed by atoms with Crippen LogP contribution in [0.1, 0.15) is 44.6 Å². The maximum absolute atomic E-state index is 12.5. The van der Waals surface area contributed by atoms with Crippen LogP contribution in [0, 0.1) is 0 Å². The zero-order chi connectivity index (χ0) is 23.0. The highest BCUT2D eigenvalue weighted by Gasteiger charge is 2.21. The van der Waals surface area contributed by atoms with E-state index in [-0.39, 0.29) is 23.4 Å². The molecule has 3 rings (SSSR count). The number of amides is 1. The first-order valence-electron chi connectivity index (χ1n) is 11.1. The maximum Gasteiger partial charge on any atom is 0.260 e. The first-order valence-corrected chi connectivity index (χ1v) is 12.6. The molecular weight excluding hydrogens is 428 g/mol. The number of methoxy groups -OCH3 is 1. The van der Waals surface area contributed by atoms with Crippen molar-refractivity contribution in [1.82, 2.24) is 10.0 Å². The molecule has 1 amide bonds. The van der Waals surface area contributed by atoms with Crippen molar-refractivity contribution in [3.05, 3.63) is 54.1 Å². The van der Waals surface area contributed by atoms with Crippen molar-refractivity contribution in [1.29, 1.82) is 0 Å². The Hall–Kier alpha value is -2.58. The van der Waals surface area contributed by atoms with Crippen LogP contribution in [0.25, 0.3) is 0 Å². The third-order valence-corrected chi connectivity index (χ3v) is 7.11. The Bertz CT molecular complexity index is 968. The summed E-state index contributed by atoms with van der Waals surface area (Å²) >= 11 is 0. The number of ether oxygens (including phenoxy) is 2. The van der Waals surface area contributed by atoms with Crippen molar-refractivity contribution in [3.8, 4) is 11.5 Å². The third kappa shape index (κ3) is 6.97. The van der Waals surface area contributed by atoms with Gasteiger partial charge in [-0.05, 0) is 68.1 Å². The van der Waals surface area contributed by atoms with E-state index in [1.807, 2.05) is 24.3 Å². The smallest absolute Gasteiger partial charge is 0.260 e. The molecular formula is C24H32N2O5S. The van der Waals surface area contributed by atoms with Crippen LogP contribution in [0.2, 0.25) is 0 Å². The lowest BCUT2D eigenvalue weighted by Gasteiger charge is -2.24. The van der Waals surface area contributed by atoms with Gasteiger partial charge in [0.05, 0.1) is 12.0 Å². The molecule has 0 aliphatic heterocycles. The Balaban J connectivity index is 1.48. The van der Waals surface area contributed by atoms with Crippen LogP contribution in [0.15, 0.2) is 53.4 Å². The number of benzene rings is 2. The summed E-state index contributed by atoms with van der Waals surface area (Å²) in [5.41, 5.74) is 1.01. The van der Waals surface area contributed by atoms with E-state index < -0.39 is 16.1 Å². The molecule has 1 atom stereocenters. The minimum absolute atomic E-state index is 0.145. The fraction of sp³-hybridized carbons (Fsp3) is 0.458. The second kappa shape index (κ2) is 11.3. The molecule has 1 aliphatic rings. The van der Waals surface area contributed by atoms with Gasteiger partial charge < -0.3 is 14.8 Å². The predicted octanol–water partition coefficient (Wildman–Crippen LogP) is 3.43. The van der Waals surface area contributed by atoms with Gasteiger partial charge in [0.2, 0.25) is 10.0 Å². The summed E-state index contributed by atoms with van der Waals surface area (Å²) in [5.74, 6) is 1.07. The lowest BCUT2D eigenvalue weighted by atomic mass is 9.95. The van der Waals surface area contributed by atoms with Crippen molar-refractivity contribution in [2.45, 2.75) is 62.5 Å². The van der Waals surface area contributed by atoms with Gasteiger partial charge >= 0.3 is 0 Å². The van der Waals surface area contributed by atoms with Gasteiger partial charge in [0, 0.05) is 12.6 Å². The largest absolute Gasteiger partial charge is 0.497 e. The van der Waals surface area contributed by atoms with Gasteiger partial charge in [-0.15, -0.1) is 0 Å². The molecule has 0 spiro atoms. The molecule has 2 aromatic rings. The van der Waals surface area contributed by atoms with E-state index in [1.165, 1.54) is 18.6 Å². The lowest BCUT2D eigenvalue weighted by molar-refractivity contribution is -0.128. The van der Waals surface area contributed by atoms with Crippen molar-refractivity contribution < 1.29 is 22.7 Å². The second-order valence-electron chi connectivity index (χ2n) is 8.07. The van der Waals surface area contributed by atoms with Gasteiger partial charge in [-0.3, -0.25) is 4.79 Å². The average Bonchev–Trinajstić information content (AvgIpc) is 2.80. The third-order valence-electron chi connectivity index (χ3n) is 5.63.